The van der Waals surface area contributed by atoms with Crippen molar-refractivity contribution in [3.05, 3.63) is 110 Å². The van der Waals surface area contributed by atoms with Crippen molar-refractivity contribution < 1.29 is 9.32 Å². The molecule has 0 aliphatic carbocycles. The lowest BCUT2D eigenvalue weighted by Gasteiger charge is -2.33. The van der Waals surface area contributed by atoms with Crippen LogP contribution in [0.4, 0.5) is 0 Å². The molecule has 4 aromatic rings. The lowest BCUT2D eigenvalue weighted by molar-refractivity contribution is 0.0948. The molecule has 8 heteroatoms. The summed E-state index contributed by atoms with van der Waals surface area (Å²) < 4.78 is 5.41. The first kappa shape index (κ1) is 29.7. The van der Waals surface area contributed by atoms with E-state index in [1.165, 1.54) is 18.4 Å². The molecular formula is C33H34Cl3N3O2. The average Bonchev–Trinajstić information content (AvgIpc) is 3.37. The van der Waals surface area contributed by atoms with Crippen molar-refractivity contribution in [2.45, 2.75) is 38.5 Å². The van der Waals surface area contributed by atoms with Gasteiger partial charge in [-0.2, -0.15) is 0 Å². The first-order valence-electron chi connectivity index (χ1n) is 14.1. The zero-order chi connectivity index (χ0) is 28.8. The van der Waals surface area contributed by atoms with Crippen LogP contribution in [0.15, 0.2) is 77.3 Å². The molecule has 1 aromatic heterocycles. The summed E-state index contributed by atoms with van der Waals surface area (Å²) >= 11 is 19.0. The van der Waals surface area contributed by atoms with E-state index in [4.69, 9.17) is 39.3 Å². The Labute approximate surface area is 256 Å². The van der Waals surface area contributed by atoms with Gasteiger partial charge in [0.1, 0.15) is 17.0 Å². The van der Waals surface area contributed by atoms with Crippen molar-refractivity contribution in [2.24, 2.45) is 5.92 Å². The number of aromatic nitrogens is 1. The second-order valence-corrected chi connectivity index (χ2v) is 12.0. The fraction of sp³-hybridized carbons (Fsp3) is 0.333. The summed E-state index contributed by atoms with van der Waals surface area (Å²) in [5.41, 5.74) is 3.96. The van der Waals surface area contributed by atoms with Gasteiger partial charge >= 0.3 is 0 Å². The number of nitrogens with one attached hydrogen (secondary N) is 1. The van der Waals surface area contributed by atoms with E-state index in [2.05, 4.69) is 45.7 Å². The van der Waals surface area contributed by atoms with Crippen molar-refractivity contribution in [2.75, 3.05) is 26.2 Å². The molecule has 2 heterocycles. The number of hydrogen-bond acceptors (Lipinski definition) is 4. The van der Waals surface area contributed by atoms with Gasteiger partial charge in [0.25, 0.3) is 5.91 Å². The van der Waals surface area contributed by atoms with E-state index >= 15 is 0 Å². The molecule has 0 radical (unpaired) electrons. The highest BCUT2D eigenvalue weighted by atomic mass is 35.5. The minimum atomic E-state index is -0.245. The molecule has 1 aliphatic heterocycles. The van der Waals surface area contributed by atoms with Gasteiger partial charge in [0, 0.05) is 18.0 Å². The molecule has 41 heavy (non-hydrogen) atoms. The second-order valence-electron chi connectivity index (χ2n) is 10.8. The molecule has 1 unspecified atom stereocenters. The lowest BCUT2D eigenvalue weighted by atomic mass is 9.89. The van der Waals surface area contributed by atoms with Crippen LogP contribution >= 0.6 is 34.8 Å². The molecule has 1 aliphatic rings. The molecular weight excluding hydrogens is 577 g/mol. The van der Waals surface area contributed by atoms with Crippen molar-refractivity contribution in [1.29, 1.82) is 0 Å². The Morgan fingerprint density at radius 3 is 2.44 bits per heavy atom. The van der Waals surface area contributed by atoms with Crippen LogP contribution in [0.25, 0.3) is 11.3 Å². The third kappa shape index (κ3) is 7.52. The fourth-order valence-corrected chi connectivity index (χ4v) is 6.17. The van der Waals surface area contributed by atoms with E-state index in [1.807, 2.05) is 36.4 Å². The van der Waals surface area contributed by atoms with Crippen LogP contribution in [0.3, 0.4) is 0 Å². The number of piperidine rings is 1. The number of nitrogens with zero attached hydrogens (tertiary/aromatic N) is 2. The van der Waals surface area contributed by atoms with Crippen LogP contribution in [0, 0.1) is 12.8 Å². The Morgan fingerprint density at radius 1 is 0.976 bits per heavy atom. The van der Waals surface area contributed by atoms with Crippen molar-refractivity contribution in [3.8, 4) is 11.3 Å². The molecule has 214 valence electrons. The Morgan fingerprint density at radius 2 is 1.71 bits per heavy atom. The third-order valence-corrected chi connectivity index (χ3v) is 9.08. The Hall–Kier alpha value is -2.83. The van der Waals surface area contributed by atoms with Gasteiger partial charge < -0.3 is 14.7 Å². The number of carbonyl (C=O) groups is 1. The Kier molecular flexibility index (Phi) is 10.0. The maximum atomic E-state index is 13.5. The molecule has 1 saturated heterocycles. The molecule has 5 nitrogen and oxygen atoms in total. The van der Waals surface area contributed by atoms with Gasteiger partial charge in [-0.15, -0.1) is 0 Å². The summed E-state index contributed by atoms with van der Waals surface area (Å²) in [5, 5.41) is 8.82. The molecule has 1 fully saturated rings. The van der Waals surface area contributed by atoms with E-state index in [1.54, 1.807) is 13.0 Å². The second kappa shape index (κ2) is 13.9. The summed E-state index contributed by atoms with van der Waals surface area (Å²) in [6.45, 7) is 5.28. The highest BCUT2D eigenvalue weighted by Crippen LogP contribution is 2.32. The topological polar surface area (TPSA) is 58.4 Å². The van der Waals surface area contributed by atoms with Crippen molar-refractivity contribution in [3.63, 3.8) is 0 Å². The molecule has 3 aromatic carbocycles. The predicted molar refractivity (Wildman–Crippen MR) is 167 cm³/mol. The largest absolute Gasteiger partial charge is 0.360 e. The van der Waals surface area contributed by atoms with Crippen LogP contribution in [0.2, 0.25) is 15.1 Å². The predicted octanol–water partition coefficient (Wildman–Crippen LogP) is 8.47. The number of likely N-dealkylation sites (tertiary alicyclic amines) is 1. The molecule has 5 rings (SSSR count). The summed E-state index contributed by atoms with van der Waals surface area (Å²) in [6, 6.07) is 23.8. The average molecular weight is 611 g/mol. The molecule has 1 atom stereocenters. The minimum Gasteiger partial charge on any atom is -0.360 e. The Balaban J connectivity index is 1.24. The number of amides is 1. The Bertz CT molecular complexity index is 1470. The van der Waals surface area contributed by atoms with E-state index in [9.17, 15) is 4.79 Å². The molecule has 0 spiro atoms. The quantitative estimate of drug-likeness (QED) is 0.196. The van der Waals surface area contributed by atoms with Gasteiger partial charge in [0.05, 0.1) is 15.1 Å². The molecule has 0 bridgehead atoms. The van der Waals surface area contributed by atoms with E-state index in [0.29, 0.717) is 44.2 Å². The van der Waals surface area contributed by atoms with Crippen LogP contribution < -0.4 is 5.32 Å². The first-order valence-corrected chi connectivity index (χ1v) is 15.2. The van der Waals surface area contributed by atoms with Gasteiger partial charge in [-0.25, -0.2) is 0 Å². The van der Waals surface area contributed by atoms with Crippen molar-refractivity contribution in [1.82, 2.24) is 15.4 Å². The number of rotatable bonds is 10. The lowest BCUT2D eigenvalue weighted by Crippen LogP contribution is -2.36. The molecule has 1 N–H and O–H groups in total. The maximum Gasteiger partial charge on any atom is 0.257 e. The van der Waals surface area contributed by atoms with Crippen LogP contribution in [0.5, 0.6) is 0 Å². The van der Waals surface area contributed by atoms with Gasteiger partial charge in [-0.1, -0.05) is 94.6 Å². The smallest absolute Gasteiger partial charge is 0.257 e. The number of halogens is 3. The normalized spacial score (nSPS) is 15.1. The van der Waals surface area contributed by atoms with Gasteiger partial charge in [0.15, 0.2) is 0 Å². The number of hydrogen-bond donors (Lipinski definition) is 1. The standard InChI is InChI=1S/C33H34Cl3N3O2/c1-22-31(32(38-41-22)27-9-5-6-10-28(27)34)33(40)37-21-26(25-11-12-29(35)30(36)20-25)15-18-39-16-13-24(14-17-39)19-23-7-3-2-4-8-23/h2-12,20,24,26H,13-19,21H2,1H3,(H,37,40). The van der Waals surface area contributed by atoms with Gasteiger partial charge in [-0.3, -0.25) is 4.79 Å². The van der Waals surface area contributed by atoms with Gasteiger partial charge in [-0.05, 0) is 87.5 Å². The van der Waals surface area contributed by atoms with E-state index < -0.39 is 0 Å². The number of benzene rings is 3. The van der Waals surface area contributed by atoms with Gasteiger partial charge in [0.2, 0.25) is 0 Å². The van der Waals surface area contributed by atoms with E-state index in [0.717, 1.165) is 44.0 Å². The van der Waals surface area contributed by atoms with Crippen LogP contribution in [-0.4, -0.2) is 42.1 Å². The summed E-state index contributed by atoms with van der Waals surface area (Å²) in [6.07, 6.45) is 4.41. The summed E-state index contributed by atoms with van der Waals surface area (Å²) in [4.78, 5) is 16.0. The SMILES string of the molecule is Cc1onc(-c2ccccc2Cl)c1C(=O)NCC(CCN1CCC(Cc2ccccc2)CC1)c1ccc(Cl)c(Cl)c1. The van der Waals surface area contributed by atoms with E-state index in [-0.39, 0.29) is 11.8 Å². The zero-order valence-electron chi connectivity index (χ0n) is 23.1. The highest BCUT2D eigenvalue weighted by Gasteiger charge is 2.25. The van der Waals surface area contributed by atoms with Crippen LogP contribution in [0.1, 0.15) is 52.4 Å². The number of aryl methyl sites for hydroxylation is 1. The molecule has 1 amide bonds. The minimum absolute atomic E-state index is 0.0553. The van der Waals surface area contributed by atoms with Crippen molar-refractivity contribution >= 4 is 40.7 Å². The number of carbonyl (C=O) groups excluding carboxylic acids is 1. The summed E-state index contributed by atoms with van der Waals surface area (Å²) in [5.74, 6) is 0.977. The highest BCUT2D eigenvalue weighted by molar-refractivity contribution is 6.42. The zero-order valence-corrected chi connectivity index (χ0v) is 25.4. The third-order valence-electron chi connectivity index (χ3n) is 8.01. The van der Waals surface area contributed by atoms with Crippen LogP contribution in [-0.2, 0) is 6.42 Å². The summed E-state index contributed by atoms with van der Waals surface area (Å²) in [7, 11) is 0. The first-order chi connectivity index (χ1) is 19.9. The fourth-order valence-electron chi connectivity index (χ4n) is 5.63. The monoisotopic (exact) mass is 609 g/mol. The maximum absolute atomic E-state index is 13.5. The molecule has 0 saturated carbocycles.